The van der Waals surface area contributed by atoms with Crippen LogP contribution in [-0.2, 0) is 13.0 Å². The summed E-state index contributed by atoms with van der Waals surface area (Å²) in [5.74, 6) is 1.49. The van der Waals surface area contributed by atoms with Gasteiger partial charge in [-0.25, -0.2) is 0 Å². The van der Waals surface area contributed by atoms with Crippen molar-refractivity contribution in [1.29, 1.82) is 0 Å². The third kappa shape index (κ3) is 4.42. The molecule has 0 unspecified atom stereocenters. The second kappa shape index (κ2) is 8.83. The lowest BCUT2D eigenvalue weighted by Gasteiger charge is -2.20. The molecule has 3 rings (SSSR count). The van der Waals surface area contributed by atoms with Crippen molar-refractivity contribution in [2.45, 2.75) is 25.9 Å². The predicted octanol–water partition coefficient (Wildman–Crippen LogP) is 4.54. The van der Waals surface area contributed by atoms with Crippen molar-refractivity contribution in [2.75, 3.05) is 14.2 Å². The molecule has 3 aromatic rings. The minimum Gasteiger partial charge on any atom is -0.493 e. The Labute approximate surface area is 158 Å². The minimum absolute atomic E-state index is 0.152. The van der Waals surface area contributed by atoms with E-state index in [0.717, 1.165) is 35.7 Å². The number of nitrogens with zero attached hydrogens (tertiary/aromatic N) is 1. The number of thiophene rings is 1. The summed E-state index contributed by atoms with van der Waals surface area (Å²) in [5, 5.41) is 7.98. The molecule has 0 fully saturated rings. The van der Waals surface area contributed by atoms with Gasteiger partial charge in [-0.2, -0.15) is 11.3 Å². The zero-order valence-corrected chi connectivity index (χ0v) is 16.2. The van der Waals surface area contributed by atoms with Crippen molar-refractivity contribution >= 4 is 11.3 Å². The van der Waals surface area contributed by atoms with Crippen LogP contribution in [0.5, 0.6) is 11.5 Å². The average molecular weight is 369 g/mol. The lowest BCUT2D eigenvalue weighted by Crippen LogP contribution is -2.24. The molecule has 0 radical (unpaired) electrons. The van der Waals surface area contributed by atoms with Crippen molar-refractivity contribution in [3.8, 4) is 11.5 Å². The van der Waals surface area contributed by atoms with Gasteiger partial charge in [-0.15, -0.1) is 0 Å². The van der Waals surface area contributed by atoms with Crippen LogP contribution >= 0.6 is 11.3 Å². The molecule has 1 N–H and O–H groups in total. The zero-order valence-electron chi connectivity index (χ0n) is 15.4. The molecule has 0 aliphatic heterocycles. The molecule has 136 valence electrons. The van der Waals surface area contributed by atoms with Gasteiger partial charge in [0.1, 0.15) is 0 Å². The average Bonchev–Trinajstić information content (AvgIpc) is 3.18. The molecule has 2 aromatic heterocycles. The molecule has 2 heterocycles. The van der Waals surface area contributed by atoms with Gasteiger partial charge in [-0.05, 0) is 65.1 Å². The fourth-order valence-corrected chi connectivity index (χ4v) is 3.69. The molecular formula is C21H24N2O2S. The number of ether oxygens (including phenoxy) is 2. The number of nitrogens with one attached hydrogen (secondary N) is 1. The number of methoxy groups -OCH3 is 2. The summed E-state index contributed by atoms with van der Waals surface area (Å²) in [6.45, 7) is 2.84. The molecule has 1 atom stereocenters. The minimum atomic E-state index is 0.152. The zero-order chi connectivity index (χ0) is 18.4. The van der Waals surface area contributed by atoms with Crippen molar-refractivity contribution in [3.05, 3.63) is 75.7 Å². The molecule has 0 saturated heterocycles. The SMILES string of the molecule is COc1ccc(CN[C@@H](Cc2ccsc2)c2ncccc2C)cc1OC. The van der Waals surface area contributed by atoms with Crippen molar-refractivity contribution in [1.82, 2.24) is 10.3 Å². The van der Waals surface area contributed by atoms with Crippen molar-refractivity contribution < 1.29 is 9.47 Å². The number of hydrogen-bond acceptors (Lipinski definition) is 5. The molecule has 26 heavy (non-hydrogen) atoms. The van der Waals surface area contributed by atoms with Crippen LogP contribution in [0.1, 0.15) is 28.4 Å². The van der Waals surface area contributed by atoms with Gasteiger partial charge in [-0.3, -0.25) is 4.98 Å². The molecule has 1 aromatic carbocycles. The fraction of sp³-hybridized carbons (Fsp3) is 0.286. The summed E-state index contributed by atoms with van der Waals surface area (Å²) in [4.78, 5) is 4.63. The van der Waals surface area contributed by atoms with Gasteiger partial charge >= 0.3 is 0 Å². The van der Waals surface area contributed by atoms with Gasteiger partial charge in [0.05, 0.1) is 26.0 Å². The third-order valence-corrected chi connectivity index (χ3v) is 5.13. The largest absolute Gasteiger partial charge is 0.493 e. The smallest absolute Gasteiger partial charge is 0.161 e. The molecule has 0 bridgehead atoms. The van der Waals surface area contributed by atoms with E-state index in [4.69, 9.17) is 9.47 Å². The molecule has 0 saturated carbocycles. The maximum atomic E-state index is 5.41. The van der Waals surface area contributed by atoms with E-state index < -0.39 is 0 Å². The number of aryl methyl sites for hydroxylation is 1. The summed E-state index contributed by atoms with van der Waals surface area (Å²) in [6.07, 6.45) is 2.77. The van der Waals surface area contributed by atoms with E-state index in [9.17, 15) is 0 Å². The van der Waals surface area contributed by atoms with Crippen LogP contribution < -0.4 is 14.8 Å². The molecule has 0 amide bonds. The third-order valence-electron chi connectivity index (χ3n) is 4.40. The highest BCUT2D eigenvalue weighted by Crippen LogP contribution is 2.28. The van der Waals surface area contributed by atoms with Gasteiger partial charge in [0.2, 0.25) is 0 Å². The molecule has 5 heteroatoms. The predicted molar refractivity (Wildman–Crippen MR) is 106 cm³/mol. The first kappa shape index (κ1) is 18.4. The Hall–Kier alpha value is -2.37. The van der Waals surface area contributed by atoms with Crippen LogP contribution in [0.25, 0.3) is 0 Å². The number of benzene rings is 1. The summed E-state index contributed by atoms with van der Waals surface area (Å²) < 4.78 is 10.7. The fourth-order valence-electron chi connectivity index (χ4n) is 3.00. The quantitative estimate of drug-likeness (QED) is 0.634. The van der Waals surface area contributed by atoms with Gasteiger partial charge in [0, 0.05) is 12.7 Å². The Balaban J connectivity index is 1.79. The van der Waals surface area contributed by atoms with Crippen LogP contribution in [0.4, 0.5) is 0 Å². The maximum Gasteiger partial charge on any atom is 0.161 e. The summed E-state index contributed by atoms with van der Waals surface area (Å²) in [5.41, 5.74) is 4.77. The molecule has 4 nitrogen and oxygen atoms in total. The Morgan fingerprint density at radius 2 is 1.92 bits per heavy atom. The van der Waals surface area contributed by atoms with E-state index in [-0.39, 0.29) is 6.04 Å². The van der Waals surface area contributed by atoms with E-state index >= 15 is 0 Å². The molecule has 0 aliphatic carbocycles. The molecule has 0 aliphatic rings. The molecule has 0 spiro atoms. The highest BCUT2D eigenvalue weighted by molar-refractivity contribution is 7.07. The normalized spacial score (nSPS) is 12.0. The number of pyridine rings is 1. The first-order valence-electron chi connectivity index (χ1n) is 8.58. The maximum absolute atomic E-state index is 5.41. The van der Waals surface area contributed by atoms with E-state index in [2.05, 4.69) is 46.2 Å². The summed E-state index contributed by atoms with van der Waals surface area (Å²) >= 11 is 1.73. The van der Waals surface area contributed by atoms with Crippen LogP contribution in [-0.4, -0.2) is 19.2 Å². The monoisotopic (exact) mass is 368 g/mol. The molecular weight excluding hydrogens is 344 g/mol. The Bertz CT molecular complexity index is 834. The van der Waals surface area contributed by atoms with Gasteiger partial charge in [-0.1, -0.05) is 12.1 Å². The standard InChI is InChI=1S/C21H24N2O2S/c1-15-5-4-9-22-21(15)18(11-17-8-10-26-14-17)23-13-16-6-7-19(24-2)20(12-16)25-3/h4-10,12,14,18,23H,11,13H2,1-3H3/t18-/m0/s1. The first-order chi connectivity index (χ1) is 12.7. The van der Waals surface area contributed by atoms with Gasteiger partial charge in [0.15, 0.2) is 11.5 Å². The highest BCUT2D eigenvalue weighted by Gasteiger charge is 2.16. The van der Waals surface area contributed by atoms with E-state index in [1.807, 2.05) is 24.4 Å². The second-order valence-corrected chi connectivity index (χ2v) is 6.94. The van der Waals surface area contributed by atoms with Crippen LogP contribution in [0.2, 0.25) is 0 Å². The summed E-state index contributed by atoms with van der Waals surface area (Å²) in [7, 11) is 3.31. The topological polar surface area (TPSA) is 43.4 Å². The Morgan fingerprint density at radius 3 is 2.62 bits per heavy atom. The lowest BCUT2D eigenvalue weighted by atomic mass is 10.0. The van der Waals surface area contributed by atoms with E-state index in [1.165, 1.54) is 11.1 Å². The van der Waals surface area contributed by atoms with Crippen LogP contribution in [0.3, 0.4) is 0 Å². The first-order valence-corrected chi connectivity index (χ1v) is 9.52. The lowest BCUT2D eigenvalue weighted by molar-refractivity contribution is 0.354. The van der Waals surface area contributed by atoms with Gasteiger partial charge in [0.25, 0.3) is 0 Å². The highest BCUT2D eigenvalue weighted by atomic mass is 32.1. The van der Waals surface area contributed by atoms with E-state index in [1.54, 1.807) is 25.6 Å². The number of rotatable bonds is 8. The van der Waals surface area contributed by atoms with Crippen molar-refractivity contribution in [2.24, 2.45) is 0 Å². The van der Waals surface area contributed by atoms with Crippen LogP contribution in [0.15, 0.2) is 53.4 Å². The summed E-state index contributed by atoms with van der Waals surface area (Å²) in [6, 6.07) is 12.4. The Kier molecular flexibility index (Phi) is 6.26. The Morgan fingerprint density at radius 1 is 1.08 bits per heavy atom. The van der Waals surface area contributed by atoms with Crippen LogP contribution in [0, 0.1) is 6.92 Å². The van der Waals surface area contributed by atoms with Gasteiger partial charge < -0.3 is 14.8 Å². The van der Waals surface area contributed by atoms with Crippen molar-refractivity contribution in [3.63, 3.8) is 0 Å². The van der Waals surface area contributed by atoms with E-state index in [0.29, 0.717) is 0 Å². The number of hydrogen-bond donors (Lipinski definition) is 1. The number of aromatic nitrogens is 1. The second-order valence-electron chi connectivity index (χ2n) is 6.16.